The van der Waals surface area contributed by atoms with E-state index in [0.29, 0.717) is 11.2 Å². The third-order valence-electron chi connectivity index (χ3n) is 1.38. The highest BCUT2D eigenvalue weighted by Crippen LogP contribution is 2.04. The molecule has 1 aromatic rings. The summed E-state index contributed by atoms with van der Waals surface area (Å²) in [7, 11) is 7.24. The van der Waals surface area contributed by atoms with Crippen LogP contribution in [0.5, 0.6) is 0 Å². The van der Waals surface area contributed by atoms with Gasteiger partial charge in [0, 0.05) is 24.5 Å². The normalized spacial score (nSPS) is 10.6. The second-order valence-corrected chi connectivity index (χ2v) is 2.28. The summed E-state index contributed by atoms with van der Waals surface area (Å²) < 4.78 is 0. The van der Waals surface area contributed by atoms with Gasteiger partial charge in [-0.15, -0.1) is 0 Å². The summed E-state index contributed by atoms with van der Waals surface area (Å²) in [5.74, 6) is 0. The van der Waals surface area contributed by atoms with Crippen LogP contribution in [0.15, 0.2) is 23.2 Å². The van der Waals surface area contributed by atoms with Crippen LogP contribution >= 0.6 is 0 Å². The van der Waals surface area contributed by atoms with Gasteiger partial charge in [0.25, 0.3) is 0 Å². The minimum absolute atomic E-state index is 0.699. The molecule has 0 saturated heterocycles. The molecule has 0 heterocycles. The highest BCUT2D eigenvalue weighted by molar-refractivity contribution is 6.32. The van der Waals surface area contributed by atoms with Gasteiger partial charge in [-0.3, -0.25) is 4.99 Å². The molecule has 0 aliphatic heterocycles. The Kier molecular flexibility index (Phi) is 2.31. The monoisotopic (exact) mass is 144 g/mol. The lowest BCUT2D eigenvalue weighted by molar-refractivity contribution is 1.46. The Hall–Kier alpha value is -1.25. The summed E-state index contributed by atoms with van der Waals surface area (Å²) in [5.41, 5.74) is 7.90. The standard InChI is InChI=1S/C8H9BN2/c1-11-5-6-4-7(9)2-3-8(6)10/h2-5H,10H2,1H3. The summed E-state index contributed by atoms with van der Waals surface area (Å²) >= 11 is 0. The Bertz CT molecular complexity index is 281. The van der Waals surface area contributed by atoms with Gasteiger partial charge in [-0.25, -0.2) is 0 Å². The van der Waals surface area contributed by atoms with Crippen molar-refractivity contribution in [3.8, 4) is 0 Å². The summed E-state index contributed by atoms with van der Waals surface area (Å²) in [5, 5.41) is 0. The zero-order valence-electron chi connectivity index (χ0n) is 6.41. The Labute approximate surface area is 67.5 Å². The fourth-order valence-electron chi connectivity index (χ4n) is 0.844. The smallest absolute Gasteiger partial charge is 0.113 e. The molecule has 0 spiro atoms. The Morgan fingerprint density at radius 1 is 1.55 bits per heavy atom. The van der Waals surface area contributed by atoms with E-state index < -0.39 is 0 Å². The number of nitrogens with two attached hydrogens (primary N) is 1. The van der Waals surface area contributed by atoms with Crippen LogP contribution in [0.3, 0.4) is 0 Å². The number of anilines is 1. The van der Waals surface area contributed by atoms with E-state index in [2.05, 4.69) is 4.99 Å². The topological polar surface area (TPSA) is 38.4 Å². The summed E-state index contributed by atoms with van der Waals surface area (Å²) in [6.45, 7) is 0. The molecule has 0 unspecified atom stereocenters. The maximum Gasteiger partial charge on any atom is 0.113 e. The van der Waals surface area contributed by atoms with E-state index in [4.69, 9.17) is 13.6 Å². The maximum absolute atomic E-state index is 5.63. The van der Waals surface area contributed by atoms with Crippen LogP contribution in [0.25, 0.3) is 0 Å². The second-order valence-electron chi connectivity index (χ2n) is 2.28. The average Bonchev–Trinajstić information content (AvgIpc) is 1.98. The van der Waals surface area contributed by atoms with Crippen LogP contribution in [0.1, 0.15) is 5.56 Å². The third kappa shape index (κ3) is 1.83. The number of nitrogens with zero attached hydrogens (tertiary/aromatic N) is 1. The molecule has 0 aliphatic rings. The van der Waals surface area contributed by atoms with Gasteiger partial charge in [0.2, 0.25) is 0 Å². The zero-order chi connectivity index (χ0) is 8.27. The molecule has 0 atom stereocenters. The van der Waals surface area contributed by atoms with Gasteiger partial charge in [-0.1, -0.05) is 17.6 Å². The molecule has 0 aromatic heterocycles. The maximum atomic E-state index is 5.63. The van der Waals surface area contributed by atoms with Gasteiger partial charge in [0.1, 0.15) is 7.85 Å². The van der Waals surface area contributed by atoms with Crippen LogP contribution in [0.4, 0.5) is 5.69 Å². The number of hydrogen-bond acceptors (Lipinski definition) is 2. The Morgan fingerprint density at radius 3 is 2.91 bits per heavy atom. The average molecular weight is 144 g/mol. The quantitative estimate of drug-likeness (QED) is 0.339. The lowest BCUT2D eigenvalue weighted by atomic mass is 9.94. The predicted octanol–water partition coefficient (Wildman–Crippen LogP) is 0.111. The van der Waals surface area contributed by atoms with E-state index >= 15 is 0 Å². The van der Waals surface area contributed by atoms with Crippen molar-refractivity contribution in [3.63, 3.8) is 0 Å². The minimum atomic E-state index is 0.699. The fourth-order valence-corrected chi connectivity index (χ4v) is 0.844. The molecular weight excluding hydrogens is 135 g/mol. The molecule has 0 amide bonds. The summed E-state index contributed by atoms with van der Waals surface area (Å²) in [4.78, 5) is 3.85. The molecule has 0 fully saturated rings. The molecule has 0 aliphatic carbocycles. The van der Waals surface area contributed by atoms with E-state index in [1.54, 1.807) is 31.5 Å². The van der Waals surface area contributed by atoms with Crippen LogP contribution in [0, 0.1) is 0 Å². The van der Waals surface area contributed by atoms with Crippen LogP contribution < -0.4 is 11.2 Å². The highest BCUT2D eigenvalue weighted by atomic mass is 14.6. The van der Waals surface area contributed by atoms with Gasteiger partial charge >= 0.3 is 0 Å². The lowest BCUT2D eigenvalue weighted by Gasteiger charge is -1.99. The van der Waals surface area contributed by atoms with Gasteiger partial charge in [0.05, 0.1) is 0 Å². The molecule has 3 heteroatoms. The minimum Gasteiger partial charge on any atom is -0.398 e. The molecule has 1 aromatic carbocycles. The summed E-state index contributed by atoms with van der Waals surface area (Å²) in [6, 6.07) is 5.33. The predicted molar refractivity (Wildman–Crippen MR) is 49.8 cm³/mol. The van der Waals surface area contributed by atoms with Gasteiger partial charge in [-0.2, -0.15) is 0 Å². The number of hydrogen-bond donors (Lipinski definition) is 1. The van der Waals surface area contributed by atoms with Gasteiger partial charge in [0.15, 0.2) is 0 Å². The van der Waals surface area contributed by atoms with E-state index in [0.717, 1.165) is 5.56 Å². The molecule has 0 saturated carbocycles. The first-order chi connectivity index (χ1) is 5.24. The first kappa shape index (κ1) is 7.86. The third-order valence-corrected chi connectivity index (χ3v) is 1.38. The number of nitrogen functional groups attached to an aromatic ring is 1. The fraction of sp³-hybridized carbons (Fsp3) is 0.125. The van der Waals surface area contributed by atoms with Crippen molar-refractivity contribution < 1.29 is 0 Å². The van der Waals surface area contributed by atoms with Crippen molar-refractivity contribution in [1.29, 1.82) is 0 Å². The number of aliphatic imine (C=N–C) groups is 1. The molecule has 11 heavy (non-hydrogen) atoms. The van der Waals surface area contributed by atoms with Crippen LogP contribution in [0.2, 0.25) is 0 Å². The molecular formula is C8H9BN2. The second kappa shape index (κ2) is 3.24. The highest BCUT2D eigenvalue weighted by Gasteiger charge is 1.93. The van der Waals surface area contributed by atoms with E-state index in [1.165, 1.54) is 0 Å². The van der Waals surface area contributed by atoms with E-state index in [1.807, 2.05) is 0 Å². The molecule has 2 radical (unpaired) electrons. The van der Waals surface area contributed by atoms with E-state index in [-0.39, 0.29) is 0 Å². The van der Waals surface area contributed by atoms with Crippen molar-refractivity contribution in [2.75, 3.05) is 12.8 Å². The van der Waals surface area contributed by atoms with Crippen molar-refractivity contribution in [2.45, 2.75) is 0 Å². The van der Waals surface area contributed by atoms with Gasteiger partial charge in [-0.05, 0) is 6.07 Å². The van der Waals surface area contributed by atoms with Crippen molar-refractivity contribution in [1.82, 2.24) is 0 Å². The van der Waals surface area contributed by atoms with Crippen LogP contribution in [-0.4, -0.2) is 21.1 Å². The van der Waals surface area contributed by atoms with Crippen molar-refractivity contribution >= 4 is 25.2 Å². The van der Waals surface area contributed by atoms with Crippen molar-refractivity contribution in [2.24, 2.45) is 4.99 Å². The van der Waals surface area contributed by atoms with Crippen molar-refractivity contribution in [3.05, 3.63) is 23.8 Å². The largest absolute Gasteiger partial charge is 0.398 e. The molecule has 2 nitrogen and oxygen atoms in total. The number of rotatable bonds is 1. The SMILES string of the molecule is [B]c1ccc(N)c(C=NC)c1. The lowest BCUT2D eigenvalue weighted by Crippen LogP contribution is -2.05. The Morgan fingerprint density at radius 2 is 2.27 bits per heavy atom. The molecule has 1 rings (SSSR count). The molecule has 0 bridgehead atoms. The summed E-state index contributed by atoms with van der Waals surface area (Å²) in [6.07, 6.45) is 1.69. The first-order valence-corrected chi connectivity index (χ1v) is 3.31. The number of benzene rings is 1. The molecule has 54 valence electrons. The van der Waals surface area contributed by atoms with E-state index in [9.17, 15) is 0 Å². The Balaban J connectivity index is 3.12. The zero-order valence-corrected chi connectivity index (χ0v) is 6.41. The molecule has 2 N–H and O–H groups in total. The van der Waals surface area contributed by atoms with Gasteiger partial charge < -0.3 is 5.73 Å². The first-order valence-electron chi connectivity index (χ1n) is 3.31. The van der Waals surface area contributed by atoms with Crippen LogP contribution in [-0.2, 0) is 0 Å².